The summed E-state index contributed by atoms with van der Waals surface area (Å²) in [7, 11) is 0. The Hall–Kier alpha value is -3.00. The summed E-state index contributed by atoms with van der Waals surface area (Å²) in [5.74, 6) is -0.0718. The molecule has 6 amide bonds. The van der Waals surface area contributed by atoms with Crippen molar-refractivity contribution in [1.29, 1.82) is 0 Å². The van der Waals surface area contributed by atoms with Crippen LogP contribution in [0.25, 0.3) is 0 Å². The average molecular weight is 922 g/mol. The van der Waals surface area contributed by atoms with E-state index in [1.54, 1.807) is 0 Å². The molecule has 63 heavy (non-hydrogen) atoms. The summed E-state index contributed by atoms with van der Waals surface area (Å²) < 4.78 is 60.3. The highest BCUT2D eigenvalue weighted by Crippen LogP contribution is 2.33. The number of carbonyl (C=O) groups excluding carboxylic acids is 5. The molecule has 3 aliphatic heterocycles. The predicted molar refractivity (Wildman–Crippen MR) is 229 cm³/mol. The van der Waals surface area contributed by atoms with Crippen molar-refractivity contribution >= 4 is 41.4 Å². The number of urea groups is 1. The number of carbonyl (C=O) groups is 5. The van der Waals surface area contributed by atoms with Crippen LogP contribution in [0.5, 0.6) is 0 Å². The van der Waals surface area contributed by atoms with Gasteiger partial charge in [0.05, 0.1) is 157 Å². The van der Waals surface area contributed by atoms with Gasteiger partial charge in [0.1, 0.15) is 0 Å². The van der Waals surface area contributed by atoms with E-state index in [2.05, 4.69) is 21.3 Å². The van der Waals surface area contributed by atoms with Gasteiger partial charge in [-0.1, -0.05) is 6.42 Å². The van der Waals surface area contributed by atoms with Gasteiger partial charge in [-0.25, -0.2) is 4.79 Å². The van der Waals surface area contributed by atoms with E-state index in [0.717, 1.165) is 29.9 Å². The first-order valence-corrected chi connectivity index (χ1v) is 23.1. The lowest BCUT2D eigenvalue weighted by atomic mass is 10.0. The number of nitrogens with one attached hydrogen (secondary N) is 4. The van der Waals surface area contributed by atoms with Crippen LogP contribution < -0.4 is 21.3 Å². The Morgan fingerprint density at radius 1 is 0.524 bits per heavy atom. The summed E-state index contributed by atoms with van der Waals surface area (Å²) in [5.41, 5.74) is 0. The van der Waals surface area contributed by atoms with Gasteiger partial charge in [0.2, 0.25) is 11.8 Å². The van der Waals surface area contributed by atoms with Crippen molar-refractivity contribution in [2.75, 3.05) is 171 Å². The number of amides is 6. The summed E-state index contributed by atoms with van der Waals surface area (Å²) in [6, 6.07) is 0.386. The van der Waals surface area contributed by atoms with Crippen molar-refractivity contribution in [3.63, 3.8) is 0 Å². The first kappa shape index (κ1) is 54.3. The average Bonchev–Trinajstić information content (AvgIpc) is 3.94. The molecule has 3 aliphatic rings. The summed E-state index contributed by atoms with van der Waals surface area (Å²) in [5, 5.41) is 11.9. The molecule has 21 nitrogen and oxygen atoms in total. The topological polar surface area (TPSA) is 238 Å². The molecule has 0 saturated carbocycles. The molecule has 4 N–H and O–H groups in total. The molecule has 0 aromatic carbocycles. The van der Waals surface area contributed by atoms with Crippen molar-refractivity contribution in [2.24, 2.45) is 0 Å². The third-order valence-corrected chi connectivity index (χ3v) is 10.9. The van der Waals surface area contributed by atoms with Crippen LogP contribution in [0, 0.1) is 0 Å². The van der Waals surface area contributed by atoms with E-state index < -0.39 is 11.8 Å². The Morgan fingerprint density at radius 2 is 0.889 bits per heavy atom. The van der Waals surface area contributed by atoms with E-state index in [-0.39, 0.29) is 42.9 Å². The van der Waals surface area contributed by atoms with Gasteiger partial charge >= 0.3 is 6.03 Å². The van der Waals surface area contributed by atoms with Gasteiger partial charge in [0.15, 0.2) is 0 Å². The standard InChI is InChI=1S/C41H71N5O16S/c47-36(4-2-1-3-35-40-34(33-63-35)44-41(51)45-40)42-8-11-52-13-15-54-17-19-56-21-23-58-25-27-60-29-31-62-32-30-61-28-26-59-24-22-57-20-18-55-16-14-53-12-9-43-37(48)7-10-46-38(49)5-6-39(46)50/h5-6,34-35,40H,1-4,7-33H2,(H,42,47)(H,43,48)(H2,44,45,51). The van der Waals surface area contributed by atoms with Crippen molar-refractivity contribution in [1.82, 2.24) is 26.2 Å². The van der Waals surface area contributed by atoms with Crippen LogP contribution >= 0.6 is 11.8 Å². The van der Waals surface area contributed by atoms with Crippen LogP contribution in [0.1, 0.15) is 32.1 Å². The maximum Gasteiger partial charge on any atom is 0.315 e. The van der Waals surface area contributed by atoms with Crippen molar-refractivity contribution < 1.29 is 76.1 Å². The molecule has 3 heterocycles. The summed E-state index contributed by atoms with van der Waals surface area (Å²) >= 11 is 1.90. The zero-order valence-electron chi connectivity index (χ0n) is 36.7. The van der Waals surface area contributed by atoms with Crippen molar-refractivity contribution in [3.8, 4) is 0 Å². The number of imide groups is 1. The minimum absolute atomic E-state index is 0.0351. The molecule has 0 spiro atoms. The molecule has 3 rings (SSSR count). The van der Waals surface area contributed by atoms with Gasteiger partial charge in [0, 0.05) is 55.6 Å². The molecule has 22 heteroatoms. The summed E-state index contributed by atoms with van der Waals surface area (Å²) in [6.45, 7) is 10.7. The number of unbranched alkanes of at least 4 members (excludes halogenated alkanes) is 1. The lowest BCUT2D eigenvalue weighted by molar-refractivity contribution is -0.137. The minimum atomic E-state index is -0.401. The predicted octanol–water partition coefficient (Wildman–Crippen LogP) is -0.558. The maximum absolute atomic E-state index is 12.1. The number of hydrogen-bond donors (Lipinski definition) is 4. The molecule has 3 unspecified atom stereocenters. The van der Waals surface area contributed by atoms with Crippen molar-refractivity contribution in [2.45, 2.75) is 49.4 Å². The normalized spacial score (nSPS) is 18.0. The summed E-state index contributed by atoms with van der Waals surface area (Å²) in [4.78, 5) is 59.3. The van der Waals surface area contributed by atoms with Crippen LogP contribution in [-0.2, 0) is 71.3 Å². The lowest BCUT2D eigenvalue weighted by Gasteiger charge is -2.16. The summed E-state index contributed by atoms with van der Waals surface area (Å²) in [6.07, 6.45) is 5.73. The Balaban J connectivity index is 0.885. The molecule has 0 aromatic rings. The fraction of sp³-hybridized carbons (Fsp3) is 0.829. The molecule has 0 bridgehead atoms. The van der Waals surface area contributed by atoms with E-state index in [1.165, 1.54) is 12.2 Å². The zero-order valence-corrected chi connectivity index (χ0v) is 37.5. The zero-order chi connectivity index (χ0) is 44.8. The Labute approximate surface area is 375 Å². The molecule has 2 fully saturated rings. The molecule has 362 valence electrons. The van der Waals surface area contributed by atoms with Crippen LogP contribution in [0.3, 0.4) is 0 Å². The monoisotopic (exact) mass is 921 g/mol. The van der Waals surface area contributed by atoms with Crippen molar-refractivity contribution in [3.05, 3.63) is 12.2 Å². The molecule has 2 saturated heterocycles. The second kappa shape index (κ2) is 37.2. The second-order valence-corrected chi connectivity index (χ2v) is 15.5. The molecule has 3 atom stereocenters. The number of nitrogens with zero attached hydrogens (tertiary/aromatic N) is 1. The molecule has 0 aromatic heterocycles. The fourth-order valence-corrected chi connectivity index (χ4v) is 7.69. The second-order valence-electron chi connectivity index (χ2n) is 14.2. The van der Waals surface area contributed by atoms with E-state index in [1.807, 2.05) is 11.8 Å². The Morgan fingerprint density at radius 3 is 1.29 bits per heavy atom. The lowest BCUT2D eigenvalue weighted by Crippen LogP contribution is -2.36. The van der Waals surface area contributed by atoms with Gasteiger partial charge < -0.3 is 73.4 Å². The first-order chi connectivity index (χ1) is 30.9. The Kier molecular flexibility index (Phi) is 32.1. The largest absolute Gasteiger partial charge is 0.377 e. The van der Waals surface area contributed by atoms with Crippen LogP contribution in [0.4, 0.5) is 4.79 Å². The quantitative estimate of drug-likeness (QED) is 0.0341. The third-order valence-electron chi connectivity index (χ3n) is 9.40. The first-order valence-electron chi connectivity index (χ1n) is 22.0. The van der Waals surface area contributed by atoms with Gasteiger partial charge in [-0.15, -0.1) is 0 Å². The van der Waals surface area contributed by atoms with Crippen LogP contribution in [0.2, 0.25) is 0 Å². The molecular formula is C41H71N5O16S. The van der Waals surface area contributed by atoms with E-state index in [0.29, 0.717) is 170 Å². The highest BCUT2D eigenvalue weighted by molar-refractivity contribution is 8.00. The fourth-order valence-electron chi connectivity index (χ4n) is 6.14. The van der Waals surface area contributed by atoms with Gasteiger partial charge in [-0.05, 0) is 12.8 Å². The third kappa shape index (κ3) is 27.8. The number of thioether (sulfide) groups is 1. The number of hydrogen-bond acceptors (Lipinski definition) is 17. The SMILES string of the molecule is O=C(CCCCC1SCC2NC(=O)NC21)NCCOCCOCCOCCOCCOCCOCCOCCOCCOCCOCCOCCNC(=O)CCN1C(=O)C=CC1=O. The smallest absolute Gasteiger partial charge is 0.315 e. The van der Waals surface area contributed by atoms with E-state index >= 15 is 0 Å². The molecule has 0 aliphatic carbocycles. The molecular weight excluding hydrogens is 851 g/mol. The molecule has 0 radical (unpaired) electrons. The number of rotatable bonds is 44. The van der Waals surface area contributed by atoms with E-state index in [9.17, 15) is 24.0 Å². The van der Waals surface area contributed by atoms with Crippen LogP contribution in [-0.4, -0.2) is 223 Å². The van der Waals surface area contributed by atoms with Gasteiger partial charge in [-0.2, -0.15) is 11.8 Å². The van der Waals surface area contributed by atoms with Gasteiger partial charge in [0.25, 0.3) is 11.8 Å². The number of fused-ring (bicyclic) bond motifs is 1. The maximum atomic E-state index is 12.1. The van der Waals surface area contributed by atoms with Gasteiger partial charge in [-0.3, -0.25) is 24.1 Å². The Bertz CT molecular complexity index is 1270. The van der Waals surface area contributed by atoms with E-state index in [4.69, 9.17) is 52.1 Å². The number of ether oxygens (including phenoxy) is 11. The minimum Gasteiger partial charge on any atom is -0.377 e. The highest BCUT2D eigenvalue weighted by Gasteiger charge is 2.42. The van der Waals surface area contributed by atoms with Crippen LogP contribution in [0.15, 0.2) is 12.2 Å². The highest BCUT2D eigenvalue weighted by atomic mass is 32.2.